The molecule has 3 heteroatoms. The summed E-state index contributed by atoms with van der Waals surface area (Å²) in [7, 11) is 0. The molecule has 0 atom stereocenters. The Kier molecular flexibility index (Phi) is 6.08. The molecule has 27 heavy (non-hydrogen) atoms. The normalized spacial score (nSPS) is 15.3. The lowest BCUT2D eigenvalue weighted by molar-refractivity contribution is 0.328. The van der Waals surface area contributed by atoms with Crippen LogP contribution in [0.2, 0.25) is 0 Å². The van der Waals surface area contributed by atoms with Crippen LogP contribution < -0.4 is 4.74 Å². The summed E-state index contributed by atoms with van der Waals surface area (Å²) in [6.45, 7) is 0. The highest BCUT2D eigenvalue weighted by atomic mass is 16.6. The van der Waals surface area contributed by atoms with Crippen LogP contribution in [0.4, 0.5) is 0 Å². The van der Waals surface area contributed by atoms with Gasteiger partial charge in [0.1, 0.15) is 11.3 Å². The van der Waals surface area contributed by atoms with Crippen molar-refractivity contribution in [2.75, 3.05) is 0 Å². The molecule has 3 nitrogen and oxygen atoms in total. The maximum Gasteiger partial charge on any atom is 0.400 e. The molecule has 3 aromatic rings. The third kappa shape index (κ3) is 5.12. The quantitative estimate of drug-likeness (QED) is 0.394. The minimum atomic E-state index is 0.298. The van der Waals surface area contributed by atoms with E-state index in [1.807, 2.05) is 36.4 Å². The zero-order valence-electron chi connectivity index (χ0n) is 16.0. The van der Waals surface area contributed by atoms with Gasteiger partial charge in [-0.3, -0.25) is 0 Å². The summed E-state index contributed by atoms with van der Waals surface area (Å²) in [6.07, 6.45) is 14.2. The topological polar surface area (TPSA) is 35.3 Å². The van der Waals surface area contributed by atoms with Gasteiger partial charge in [0.05, 0.1) is 0 Å². The van der Waals surface area contributed by atoms with Crippen molar-refractivity contribution in [3.63, 3.8) is 0 Å². The van der Waals surface area contributed by atoms with Gasteiger partial charge in [-0.1, -0.05) is 75.6 Å². The number of nitrogens with zero attached hydrogens (tertiary/aromatic N) is 1. The van der Waals surface area contributed by atoms with Crippen LogP contribution in [0.3, 0.4) is 0 Å². The Morgan fingerprint density at radius 2 is 1.70 bits per heavy atom. The van der Waals surface area contributed by atoms with Crippen molar-refractivity contribution < 1.29 is 9.15 Å². The van der Waals surface area contributed by atoms with E-state index in [-0.39, 0.29) is 0 Å². The molecule has 142 valence electrons. The number of fused-ring (bicyclic) bond motifs is 1. The third-order valence-corrected chi connectivity index (χ3v) is 5.71. The van der Waals surface area contributed by atoms with Crippen molar-refractivity contribution in [1.29, 1.82) is 0 Å². The second-order valence-corrected chi connectivity index (χ2v) is 7.80. The highest BCUT2D eigenvalue weighted by Crippen LogP contribution is 2.28. The summed E-state index contributed by atoms with van der Waals surface area (Å²) in [5.41, 5.74) is 2.94. The smallest absolute Gasteiger partial charge is 0.400 e. The van der Waals surface area contributed by atoms with E-state index in [4.69, 9.17) is 9.15 Å². The maximum atomic E-state index is 5.75. The summed E-state index contributed by atoms with van der Waals surface area (Å²) in [5.74, 6) is 1.78. The van der Waals surface area contributed by atoms with E-state index in [1.54, 1.807) is 0 Å². The number of hydrogen-bond acceptors (Lipinski definition) is 3. The lowest BCUT2D eigenvalue weighted by Crippen LogP contribution is -2.05. The predicted molar refractivity (Wildman–Crippen MR) is 109 cm³/mol. The molecule has 4 rings (SSSR count). The van der Waals surface area contributed by atoms with Crippen molar-refractivity contribution in [3.05, 3.63) is 54.1 Å². The molecule has 2 aromatic carbocycles. The molecule has 1 aromatic heterocycles. The number of aryl methyl sites for hydroxylation is 1. The van der Waals surface area contributed by atoms with E-state index < -0.39 is 0 Å². The number of rotatable bonds is 8. The van der Waals surface area contributed by atoms with E-state index in [0.717, 1.165) is 29.2 Å². The monoisotopic (exact) mass is 363 g/mol. The van der Waals surface area contributed by atoms with Crippen LogP contribution in [-0.4, -0.2) is 4.98 Å². The molecule has 0 radical (unpaired) electrons. The van der Waals surface area contributed by atoms with Crippen LogP contribution in [0.15, 0.2) is 52.9 Å². The first-order valence-electron chi connectivity index (χ1n) is 10.5. The number of hydrogen-bond donors (Lipinski definition) is 0. The molecule has 1 heterocycles. The first-order valence-corrected chi connectivity index (χ1v) is 10.5. The molecule has 0 bridgehead atoms. The van der Waals surface area contributed by atoms with Crippen LogP contribution in [0, 0.1) is 5.92 Å². The fraction of sp³-hybridized carbons (Fsp3) is 0.458. The van der Waals surface area contributed by atoms with Gasteiger partial charge in [-0.25, -0.2) is 0 Å². The number of aromatic nitrogens is 1. The fourth-order valence-electron chi connectivity index (χ4n) is 4.13. The van der Waals surface area contributed by atoms with Crippen molar-refractivity contribution >= 4 is 11.1 Å². The summed E-state index contributed by atoms with van der Waals surface area (Å²) < 4.78 is 11.4. The number of para-hydroxylation sites is 2. The van der Waals surface area contributed by atoms with Gasteiger partial charge >= 0.3 is 6.08 Å². The highest BCUT2D eigenvalue weighted by Gasteiger charge is 2.12. The Bertz CT molecular complexity index is 798. The van der Waals surface area contributed by atoms with Gasteiger partial charge in [-0.05, 0) is 48.6 Å². The van der Waals surface area contributed by atoms with E-state index >= 15 is 0 Å². The number of unbranched alkanes of at least 4 members (excludes halogenated alkanes) is 2. The van der Waals surface area contributed by atoms with Crippen LogP contribution in [0.5, 0.6) is 11.8 Å². The SMILES string of the molecule is c1ccc2oc(Oc3ccc(CCCCCC4CCCCC4)cc3)nc2c1. The predicted octanol–water partition coefficient (Wildman–Crippen LogP) is 7.30. The van der Waals surface area contributed by atoms with Crippen molar-refractivity contribution in [3.8, 4) is 11.8 Å². The molecule has 1 aliphatic carbocycles. The molecular weight excluding hydrogens is 334 g/mol. The average Bonchev–Trinajstić information content (AvgIpc) is 3.12. The van der Waals surface area contributed by atoms with Crippen LogP contribution >= 0.6 is 0 Å². The van der Waals surface area contributed by atoms with E-state index in [1.165, 1.54) is 63.4 Å². The first kappa shape index (κ1) is 18.1. The lowest BCUT2D eigenvalue weighted by atomic mass is 9.85. The van der Waals surface area contributed by atoms with Gasteiger partial charge in [0.15, 0.2) is 5.58 Å². The Labute approximate surface area is 161 Å². The molecular formula is C24H29NO2. The standard InChI is InChI=1S/C24H29NO2/c1-3-9-19(10-4-1)11-5-2-6-12-20-15-17-21(18-16-20)26-24-25-22-13-7-8-14-23(22)27-24/h7-8,13-19H,1-6,9-12H2. The zero-order valence-corrected chi connectivity index (χ0v) is 16.0. The summed E-state index contributed by atoms with van der Waals surface area (Å²) >= 11 is 0. The van der Waals surface area contributed by atoms with Crippen molar-refractivity contribution in [1.82, 2.24) is 4.98 Å². The molecule has 0 unspecified atom stereocenters. The van der Waals surface area contributed by atoms with Crippen LogP contribution in [0.1, 0.15) is 63.4 Å². The Morgan fingerprint density at radius 3 is 2.52 bits per heavy atom. The van der Waals surface area contributed by atoms with E-state index in [9.17, 15) is 0 Å². The molecule has 1 fully saturated rings. The Balaban J connectivity index is 1.20. The Hall–Kier alpha value is -2.29. The van der Waals surface area contributed by atoms with Gasteiger partial charge in [0.25, 0.3) is 0 Å². The largest absolute Gasteiger partial charge is 0.411 e. The third-order valence-electron chi connectivity index (χ3n) is 5.71. The van der Waals surface area contributed by atoms with Crippen LogP contribution in [-0.2, 0) is 6.42 Å². The summed E-state index contributed by atoms with van der Waals surface area (Å²) in [6, 6.07) is 16.0. The average molecular weight is 364 g/mol. The van der Waals surface area contributed by atoms with E-state index in [0.29, 0.717) is 6.08 Å². The molecule has 1 aliphatic rings. The maximum absolute atomic E-state index is 5.75. The van der Waals surface area contributed by atoms with Gasteiger partial charge in [-0.15, -0.1) is 0 Å². The number of benzene rings is 2. The minimum absolute atomic E-state index is 0.298. The van der Waals surface area contributed by atoms with Gasteiger partial charge < -0.3 is 9.15 Å². The molecule has 0 aliphatic heterocycles. The van der Waals surface area contributed by atoms with Gasteiger partial charge in [0, 0.05) is 0 Å². The van der Waals surface area contributed by atoms with Gasteiger partial charge in [-0.2, -0.15) is 4.98 Å². The van der Waals surface area contributed by atoms with Crippen molar-refractivity contribution in [2.45, 2.75) is 64.2 Å². The fourth-order valence-corrected chi connectivity index (χ4v) is 4.13. The minimum Gasteiger partial charge on any atom is -0.411 e. The second kappa shape index (κ2) is 9.07. The van der Waals surface area contributed by atoms with Crippen molar-refractivity contribution in [2.24, 2.45) is 5.92 Å². The molecule has 1 saturated carbocycles. The number of oxazole rings is 1. The van der Waals surface area contributed by atoms with E-state index in [2.05, 4.69) is 17.1 Å². The Morgan fingerprint density at radius 1 is 0.889 bits per heavy atom. The second-order valence-electron chi connectivity index (χ2n) is 7.80. The number of ether oxygens (including phenoxy) is 1. The van der Waals surface area contributed by atoms with Gasteiger partial charge in [0.2, 0.25) is 0 Å². The zero-order chi connectivity index (χ0) is 18.3. The molecule has 0 saturated heterocycles. The lowest BCUT2D eigenvalue weighted by Gasteiger charge is -2.21. The summed E-state index contributed by atoms with van der Waals surface area (Å²) in [5, 5.41) is 0. The first-order chi connectivity index (χ1) is 13.4. The van der Waals surface area contributed by atoms with Crippen LogP contribution in [0.25, 0.3) is 11.1 Å². The molecule has 0 spiro atoms. The highest BCUT2D eigenvalue weighted by molar-refractivity contribution is 5.72. The summed E-state index contributed by atoms with van der Waals surface area (Å²) in [4.78, 5) is 4.35. The molecule has 0 amide bonds. The molecule has 0 N–H and O–H groups in total.